The minimum absolute atomic E-state index is 0.0221. The molecule has 0 unspecified atom stereocenters. The third-order valence-corrected chi connectivity index (χ3v) is 3.38. The van der Waals surface area contributed by atoms with E-state index in [9.17, 15) is 14.7 Å². The van der Waals surface area contributed by atoms with Crippen molar-refractivity contribution < 1.29 is 19.8 Å². The number of aliphatic carboxylic acids is 1. The number of pyridine rings is 1. The number of carboxylic acid groups (broad SMARTS) is 1. The van der Waals surface area contributed by atoms with Crippen molar-refractivity contribution in [3.63, 3.8) is 0 Å². The Morgan fingerprint density at radius 3 is 2.42 bits per heavy atom. The third-order valence-electron chi connectivity index (χ3n) is 3.38. The van der Waals surface area contributed by atoms with E-state index in [1.807, 2.05) is 6.07 Å². The van der Waals surface area contributed by atoms with E-state index in [1.165, 1.54) is 6.92 Å². The van der Waals surface area contributed by atoms with Crippen molar-refractivity contribution in [2.75, 3.05) is 0 Å². The molecule has 2 aromatic rings. The normalized spacial score (nSPS) is 10.9. The minimum Gasteiger partial charge on any atom is -0.505 e. The van der Waals surface area contributed by atoms with Crippen LogP contribution >= 0.6 is 0 Å². The van der Waals surface area contributed by atoms with Crippen molar-refractivity contribution in [1.82, 2.24) is 4.98 Å². The van der Waals surface area contributed by atoms with Crippen LogP contribution in [0.2, 0.25) is 0 Å². The standard InChI is InChI=1S/C17H17N3O4/c1-10-16(24)15(11(2)21)13(8-9-14(22)23)17(18-10)20-19-12-6-4-3-5-7-12/h3-7,24H,8-9H2,1-2H3,(H,22,23)/b20-19+. The van der Waals surface area contributed by atoms with Gasteiger partial charge in [0.25, 0.3) is 0 Å². The molecule has 0 fully saturated rings. The summed E-state index contributed by atoms with van der Waals surface area (Å²) in [5.41, 5.74) is 1.17. The van der Waals surface area contributed by atoms with Gasteiger partial charge in [0.2, 0.25) is 0 Å². The van der Waals surface area contributed by atoms with Gasteiger partial charge in [-0.2, -0.15) is 0 Å². The zero-order valence-electron chi connectivity index (χ0n) is 13.4. The molecule has 0 aliphatic heterocycles. The van der Waals surface area contributed by atoms with Crippen LogP contribution in [0.5, 0.6) is 5.75 Å². The first kappa shape index (κ1) is 17.3. The molecule has 2 rings (SSSR count). The maximum Gasteiger partial charge on any atom is 0.303 e. The van der Waals surface area contributed by atoms with Crippen molar-refractivity contribution in [3.8, 4) is 5.75 Å². The number of aryl methyl sites for hydroxylation is 1. The lowest BCUT2D eigenvalue weighted by molar-refractivity contribution is -0.136. The fraction of sp³-hybridized carbons (Fsp3) is 0.235. The van der Waals surface area contributed by atoms with E-state index in [1.54, 1.807) is 31.2 Å². The molecule has 0 bridgehead atoms. The predicted molar refractivity (Wildman–Crippen MR) is 87.2 cm³/mol. The van der Waals surface area contributed by atoms with Gasteiger partial charge < -0.3 is 10.2 Å². The summed E-state index contributed by atoms with van der Waals surface area (Å²) in [7, 11) is 0. The van der Waals surface area contributed by atoms with Gasteiger partial charge in [-0.05, 0) is 32.4 Å². The first-order chi connectivity index (χ1) is 11.4. The average molecular weight is 327 g/mol. The number of carboxylic acids is 1. The molecule has 0 spiro atoms. The number of azo groups is 1. The predicted octanol–water partition coefficient (Wildman–Crippen LogP) is 3.73. The van der Waals surface area contributed by atoms with Gasteiger partial charge >= 0.3 is 5.97 Å². The molecule has 0 saturated heterocycles. The number of benzene rings is 1. The van der Waals surface area contributed by atoms with Crippen LogP contribution in [0.15, 0.2) is 40.6 Å². The molecule has 1 aromatic heterocycles. The molecule has 0 aliphatic rings. The van der Waals surface area contributed by atoms with Crippen LogP contribution in [0, 0.1) is 6.92 Å². The van der Waals surface area contributed by atoms with Crippen LogP contribution in [0.25, 0.3) is 0 Å². The lowest BCUT2D eigenvalue weighted by Gasteiger charge is -2.12. The van der Waals surface area contributed by atoms with E-state index in [-0.39, 0.29) is 47.0 Å². The lowest BCUT2D eigenvalue weighted by atomic mass is 9.99. The molecule has 0 atom stereocenters. The number of Topliss-reactive ketones (excluding diaryl/α,β-unsaturated/α-hetero) is 1. The van der Waals surface area contributed by atoms with E-state index in [4.69, 9.17) is 5.11 Å². The summed E-state index contributed by atoms with van der Waals surface area (Å²) in [4.78, 5) is 26.9. The Balaban J connectivity index is 2.54. The van der Waals surface area contributed by atoms with Crippen molar-refractivity contribution in [3.05, 3.63) is 47.2 Å². The molecule has 1 aromatic carbocycles. The number of rotatable bonds is 6. The molecule has 0 radical (unpaired) electrons. The van der Waals surface area contributed by atoms with Crippen LogP contribution in [0.3, 0.4) is 0 Å². The smallest absolute Gasteiger partial charge is 0.303 e. The minimum atomic E-state index is -1.02. The molecule has 24 heavy (non-hydrogen) atoms. The fourth-order valence-electron chi connectivity index (χ4n) is 2.25. The average Bonchev–Trinajstić information content (AvgIpc) is 2.54. The molecule has 2 N–H and O–H groups in total. The summed E-state index contributed by atoms with van der Waals surface area (Å²) in [6, 6.07) is 8.94. The quantitative estimate of drug-likeness (QED) is 0.620. The van der Waals surface area contributed by atoms with Gasteiger partial charge in [-0.3, -0.25) is 9.59 Å². The Kier molecular flexibility index (Phi) is 5.36. The monoisotopic (exact) mass is 327 g/mol. The Labute approximate surface area is 138 Å². The number of nitrogens with zero attached hydrogens (tertiary/aromatic N) is 3. The maximum atomic E-state index is 11.9. The maximum absolute atomic E-state index is 11.9. The number of aromatic hydroxyl groups is 1. The highest BCUT2D eigenvalue weighted by atomic mass is 16.4. The Morgan fingerprint density at radius 1 is 1.17 bits per heavy atom. The van der Waals surface area contributed by atoms with E-state index < -0.39 is 5.97 Å². The van der Waals surface area contributed by atoms with Crippen LogP contribution in [-0.4, -0.2) is 26.9 Å². The van der Waals surface area contributed by atoms with Gasteiger partial charge in [-0.25, -0.2) is 4.98 Å². The van der Waals surface area contributed by atoms with E-state index in [0.717, 1.165) is 0 Å². The second kappa shape index (κ2) is 7.45. The SMILES string of the molecule is CC(=O)c1c(O)c(C)nc(/N=N/c2ccccc2)c1CCC(=O)O. The van der Waals surface area contributed by atoms with Gasteiger partial charge in [-0.15, -0.1) is 10.2 Å². The van der Waals surface area contributed by atoms with Gasteiger partial charge in [0.05, 0.1) is 16.9 Å². The summed E-state index contributed by atoms with van der Waals surface area (Å²) >= 11 is 0. The summed E-state index contributed by atoms with van der Waals surface area (Å²) in [6.07, 6.45) is -0.188. The number of aromatic nitrogens is 1. The zero-order valence-corrected chi connectivity index (χ0v) is 13.4. The zero-order chi connectivity index (χ0) is 17.7. The second-order valence-electron chi connectivity index (χ2n) is 5.21. The summed E-state index contributed by atoms with van der Waals surface area (Å²) in [5, 5.41) is 27.1. The van der Waals surface area contributed by atoms with E-state index in [0.29, 0.717) is 5.69 Å². The summed E-state index contributed by atoms with van der Waals surface area (Å²) in [6.45, 7) is 2.85. The topological polar surface area (TPSA) is 112 Å². The molecular weight excluding hydrogens is 310 g/mol. The third kappa shape index (κ3) is 4.01. The highest BCUT2D eigenvalue weighted by Gasteiger charge is 2.21. The molecule has 7 nitrogen and oxygen atoms in total. The van der Waals surface area contributed by atoms with Crippen LogP contribution in [0.1, 0.15) is 35.0 Å². The Morgan fingerprint density at radius 2 is 1.83 bits per heavy atom. The molecule has 7 heteroatoms. The van der Waals surface area contributed by atoms with Crippen molar-refractivity contribution in [2.45, 2.75) is 26.7 Å². The van der Waals surface area contributed by atoms with E-state index in [2.05, 4.69) is 15.2 Å². The molecule has 0 saturated carbocycles. The lowest BCUT2D eigenvalue weighted by Crippen LogP contribution is -2.07. The van der Waals surface area contributed by atoms with Gasteiger partial charge in [0, 0.05) is 12.0 Å². The highest BCUT2D eigenvalue weighted by molar-refractivity contribution is 5.99. The number of hydrogen-bond acceptors (Lipinski definition) is 6. The van der Waals surface area contributed by atoms with Gasteiger partial charge in [0.1, 0.15) is 5.75 Å². The number of ketones is 1. The Hall–Kier alpha value is -3.09. The second-order valence-corrected chi connectivity index (χ2v) is 5.21. The van der Waals surface area contributed by atoms with Crippen LogP contribution in [-0.2, 0) is 11.2 Å². The summed E-state index contributed by atoms with van der Waals surface area (Å²) in [5.74, 6) is -1.51. The van der Waals surface area contributed by atoms with Gasteiger partial charge in [-0.1, -0.05) is 18.2 Å². The highest BCUT2D eigenvalue weighted by Crippen LogP contribution is 2.33. The number of carbonyl (C=O) groups is 2. The molecule has 0 amide bonds. The summed E-state index contributed by atoms with van der Waals surface area (Å²) < 4.78 is 0. The first-order valence-corrected chi connectivity index (χ1v) is 7.32. The first-order valence-electron chi connectivity index (χ1n) is 7.32. The van der Waals surface area contributed by atoms with Crippen molar-refractivity contribution in [1.29, 1.82) is 0 Å². The number of hydrogen-bond donors (Lipinski definition) is 2. The van der Waals surface area contributed by atoms with Crippen molar-refractivity contribution in [2.24, 2.45) is 10.2 Å². The molecule has 1 heterocycles. The fourth-order valence-corrected chi connectivity index (χ4v) is 2.25. The van der Waals surface area contributed by atoms with Gasteiger partial charge in [0.15, 0.2) is 11.6 Å². The molecular formula is C17H17N3O4. The van der Waals surface area contributed by atoms with Crippen LogP contribution in [0.4, 0.5) is 11.5 Å². The number of carbonyl (C=O) groups excluding carboxylic acids is 1. The molecule has 0 aliphatic carbocycles. The largest absolute Gasteiger partial charge is 0.505 e. The van der Waals surface area contributed by atoms with Crippen LogP contribution < -0.4 is 0 Å². The molecule has 124 valence electrons. The Bertz CT molecular complexity index is 801. The van der Waals surface area contributed by atoms with E-state index >= 15 is 0 Å². The van der Waals surface area contributed by atoms with Crippen molar-refractivity contribution >= 4 is 23.3 Å².